The predicted octanol–water partition coefficient (Wildman–Crippen LogP) is 2.45. The van der Waals surface area contributed by atoms with E-state index >= 15 is 0 Å². The van der Waals surface area contributed by atoms with Gasteiger partial charge in [-0.05, 0) is 53.8 Å². The summed E-state index contributed by atoms with van der Waals surface area (Å²) in [6.07, 6.45) is 5.16. The molecule has 4 N–H and O–H groups in total. The Morgan fingerprint density at radius 2 is 2.16 bits per heavy atom. The Labute approximate surface area is 182 Å². The minimum atomic E-state index is -2.89. The molecule has 1 saturated heterocycles. The van der Waals surface area contributed by atoms with Crippen LogP contribution in [0.1, 0.15) is 34.6 Å². The van der Waals surface area contributed by atoms with Crippen molar-refractivity contribution < 1.29 is 13.5 Å². The van der Waals surface area contributed by atoms with Crippen molar-refractivity contribution in [3.63, 3.8) is 0 Å². The van der Waals surface area contributed by atoms with Gasteiger partial charge in [-0.15, -0.1) is 5.10 Å². The molecule has 1 atom stereocenters. The lowest BCUT2D eigenvalue weighted by molar-refractivity contribution is -0.0505. The zero-order valence-electron chi connectivity index (χ0n) is 17.1. The van der Waals surface area contributed by atoms with Gasteiger partial charge in [-0.25, -0.2) is 10.1 Å². The van der Waals surface area contributed by atoms with Gasteiger partial charge in [0.25, 0.3) is 0 Å². The van der Waals surface area contributed by atoms with E-state index in [1.807, 2.05) is 18.3 Å². The van der Waals surface area contributed by atoms with Crippen LogP contribution in [0.5, 0.6) is 5.75 Å². The summed E-state index contributed by atoms with van der Waals surface area (Å²) >= 11 is 0. The van der Waals surface area contributed by atoms with Crippen molar-refractivity contribution in [1.82, 2.24) is 35.5 Å². The Balaban J connectivity index is 1.39. The summed E-state index contributed by atoms with van der Waals surface area (Å²) in [5.74, 6) is 0.903. The van der Waals surface area contributed by atoms with Crippen molar-refractivity contribution in [2.75, 3.05) is 18.8 Å². The maximum atomic E-state index is 12.9. The molecule has 3 aromatic heterocycles. The Hall–Kier alpha value is -3.60. The van der Waals surface area contributed by atoms with E-state index in [1.54, 1.807) is 23.0 Å². The van der Waals surface area contributed by atoms with Crippen molar-refractivity contribution >= 4 is 17.0 Å². The van der Waals surface area contributed by atoms with Gasteiger partial charge < -0.3 is 15.8 Å². The van der Waals surface area contributed by atoms with Crippen molar-refractivity contribution in [3.8, 4) is 5.75 Å². The molecule has 5 rings (SSSR count). The van der Waals surface area contributed by atoms with Crippen LogP contribution in [0.4, 0.5) is 14.6 Å². The van der Waals surface area contributed by atoms with Crippen LogP contribution in [0, 0.1) is 0 Å². The standard InChI is InChI=1S/C21H22F2N8O/c22-21(23)32-17-2-1-13(14-3-4-25-9-14)6-16(17)11-31-10-12(8-26-31)5-15-7-18(24)27-20-19(15)28-30-29-20/h1-2,6-8,10,14,21,25H,3-5,9,11H2,(H3,24,27,28,29,30)/t14-/m1/s1. The molecule has 32 heavy (non-hydrogen) atoms. The number of hydrogen-bond acceptors (Lipinski definition) is 7. The molecule has 4 aromatic rings. The number of alkyl halides is 2. The van der Waals surface area contributed by atoms with Gasteiger partial charge in [0.15, 0.2) is 5.65 Å². The fourth-order valence-electron chi connectivity index (χ4n) is 4.17. The fraction of sp³-hybridized carbons (Fsp3) is 0.333. The third-order valence-electron chi connectivity index (χ3n) is 5.64. The number of nitrogens with one attached hydrogen (secondary N) is 2. The van der Waals surface area contributed by atoms with Gasteiger partial charge in [0.05, 0.1) is 12.7 Å². The molecule has 1 aromatic carbocycles. The number of H-pyrrole nitrogens is 1. The molecule has 0 bridgehead atoms. The lowest BCUT2D eigenvalue weighted by Crippen LogP contribution is -2.10. The van der Waals surface area contributed by atoms with E-state index in [4.69, 9.17) is 10.5 Å². The molecule has 1 aliphatic rings. The molecule has 4 heterocycles. The smallest absolute Gasteiger partial charge is 0.387 e. The Morgan fingerprint density at radius 3 is 2.97 bits per heavy atom. The number of pyridine rings is 1. The van der Waals surface area contributed by atoms with Gasteiger partial charge in [-0.3, -0.25) is 4.68 Å². The second kappa shape index (κ2) is 8.50. The van der Waals surface area contributed by atoms with Gasteiger partial charge in [0.1, 0.15) is 17.1 Å². The number of fused-ring (bicyclic) bond motifs is 1. The summed E-state index contributed by atoms with van der Waals surface area (Å²) in [7, 11) is 0. The zero-order valence-corrected chi connectivity index (χ0v) is 17.1. The van der Waals surface area contributed by atoms with Crippen LogP contribution < -0.4 is 15.8 Å². The van der Waals surface area contributed by atoms with Crippen LogP contribution in [0.3, 0.4) is 0 Å². The van der Waals surface area contributed by atoms with Crippen molar-refractivity contribution in [3.05, 3.63) is 58.9 Å². The van der Waals surface area contributed by atoms with E-state index in [2.05, 4.69) is 30.8 Å². The summed E-state index contributed by atoms with van der Waals surface area (Å²) in [6, 6.07) is 7.19. The summed E-state index contributed by atoms with van der Waals surface area (Å²) in [5, 5.41) is 18.3. The highest BCUT2D eigenvalue weighted by Gasteiger charge is 2.19. The Morgan fingerprint density at radius 1 is 1.25 bits per heavy atom. The summed E-state index contributed by atoms with van der Waals surface area (Å²) in [5.41, 5.74) is 10.6. The van der Waals surface area contributed by atoms with Gasteiger partial charge in [-0.1, -0.05) is 11.3 Å². The topological polar surface area (TPSA) is 120 Å². The van der Waals surface area contributed by atoms with Gasteiger partial charge >= 0.3 is 6.61 Å². The predicted molar refractivity (Wildman–Crippen MR) is 114 cm³/mol. The number of nitrogen functional groups attached to an aromatic ring is 1. The second-order valence-electron chi connectivity index (χ2n) is 7.87. The van der Waals surface area contributed by atoms with E-state index in [9.17, 15) is 8.78 Å². The Bertz CT molecular complexity index is 1230. The van der Waals surface area contributed by atoms with E-state index in [-0.39, 0.29) is 5.75 Å². The van der Waals surface area contributed by atoms with Gasteiger partial charge in [0, 0.05) is 24.7 Å². The molecule has 0 radical (unpaired) electrons. The minimum absolute atomic E-state index is 0.165. The molecule has 0 unspecified atom stereocenters. The number of benzene rings is 1. The average molecular weight is 440 g/mol. The molecule has 0 amide bonds. The fourth-order valence-corrected chi connectivity index (χ4v) is 4.17. The molecule has 11 heteroatoms. The molecule has 1 aliphatic heterocycles. The first-order valence-electron chi connectivity index (χ1n) is 10.3. The monoisotopic (exact) mass is 440 g/mol. The normalized spacial score (nSPS) is 16.3. The van der Waals surface area contributed by atoms with Gasteiger partial charge in [-0.2, -0.15) is 13.9 Å². The first-order chi connectivity index (χ1) is 15.5. The number of anilines is 1. The largest absolute Gasteiger partial charge is 0.434 e. The molecule has 9 nitrogen and oxygen atoms in total. The summed E-state index contributed by atoms with van der Waals surface area (Å²) in [6.45, 7) is -0.737. The maximum absolute atomic E-state index is 12.9. The van der Waals surface area contributed by atoms with E-state index < -0.39 is 6.61 Å². The number of halogens is 2. The molecule has 0 spiro atoms. The number of aromatic nitrogens is 6. The number of nitrogens with zero attached hydrogens (tertiary/aromatic N) is 5. The zero-order chi connectivity index (χ0) is 22.1. The number of aromatic amines is 1. The quantitative estimate of drug-likeness (QED) is 0.404. The Kier molecular flexibility index (Phi) is 5.39. The van der Waals surface area contributed by atoms with Gasteiger partial charge in [0.2, 0.25) is 0 Å². The van der Waals surface area contributed by atoms with Crippen LogP contribution in [-0.2, 0) is 13.0 Å². The lowest BCUT2D eigenvalue weighted by atomic mass is 9.96. The molecular formula is C21H22F2N8O. The first-order valence-corrected chi connectivity index (χ1v) is 10.3. The number of rotatable bonds is 7. The first kappa shape index (κ1) is 20.3. The third kappa shape index (κ3) is 4.24. The van der Waals surface area contributed by atoms with Crippen molar-refractivity contribution in [1.29, 1.82) is 0 Å². The van der Waals surface area contributed by atoms with Crippen molar-refractivity contribution in [2.45, 2.75) is 31.9 Å². The highest BCUT2D eigenvalue weighted by molar-refractivity contribution is 5.76. The highest BCUT2D eigenvalue weighted by Crippen LogP contribution is 2.29. The van der Waals surface area contributed by atoms with Crippen LogP contribution in [0.2, 0.25) is 0 Å². The van der Waals surface area contributed by atoms with Crippen LogP contribution in [-0.4, -0.2) is 49.9 Å². The van der Waals surface area contributed by atoms with Crippen molar-refractivity contribution in [2.24, 2.45) is 0 Å². The molecular weight excluding hydrogens is 418 g/mol. The van der Waals surface area contributed by atoms with Crippen LogP contribution >= 0.6 is 0 Å². The third-order valence-corrected chi connectivity index (χ3v) is 5.64. The van der Waals surface area contributed by atoms with E-state index in [0.717, 1.165) is 36.2 Å². The van der Waals surface area contributed by atoms with Crippen LogP contribution in [0.15, 0.2) is 36.7 Å². The number of nitrogens with two attached hydrogens (primary N) is 1. The van der Waals surface area contributed by atoms with Crippen LogP contribution in [0.25, 0.3) is 11.2 Å². The van der Waals surface area contributed by atoms with E-state index in [0.29, 0.717) is 41.4 Å². The molecule has 1 fully saturated rings. The SMILES string of the molecule is Nc1cc(Cc2cnn(Cc3cc([C@@H]4CCNC4)ccc3OC(F)F)c2)c2nn[nH]c2n1. The highest BCUT2D eigenvalue weighted by atomic mass is 19.3. The number of ether oxygens (including phenoxy) is 1. The second-order valence-corrected chi connectivity index (χ2v) is 7.87. The average Bonchev–Trinajstić information content (AvgIpc) is 3.51. The molecule has 0 saturated carbocycles. The maximum Gasteiger partial charge on any atom is 0.387 e. The summed E-state index contributed by atoms with van der Waals surface area (Å²) in [4.78, 5) is 4.17. The lowest BCUT2D eigenvalue weighted by Gasteiger charge is -2.15. The molecule has 0 aliphatic carbocycles. The number of hydrogen-bond donors (Lipinski definition) is 3. The summed E-state index contributed by atoms with van der Waals surface area (Å²) < 4.78 is 32.3. The molecule has 166 valence electrons. The minimum Gasteiger partial charge on any atom is -0.434 e. The van der Waals surface area contributed by atoms with E-state index in [1.165, 1.54) is 0 Å².